The summed E-state index contributed by atoms with van der Waals surface area (Å²) < 4.78 is 11.6. The summed E-state index contributed by atoms with van der Waals surface area (Å²) in [6, 6.07) is 21.9. The maximum Gasteiger partial charge on any atom is 0.250 e. The Hall–Kier alpha value is -3.91. The van der Waals surface area contributed by atoms with Crippen molar-refractivity contribution < 1.29 is 13.6 Å². The highest BCUT2D eigenvalue weighted by molar-refractivity contribution is 7.80. The maximum absolute atomic E-state index is 12.4. The number of halogens is 2. The number of thiocarbonyl (C=S) groups is 1. The molecule has 3 aromatic carbocycles. The van der Waals surface area contributed by atoms with E-state index in [1.807, 2.05) is 43.3 Å². The molecule has 2 N–H and O–H groups in total. The summed E-state index contributed by atoms with van der Waals surface area (Å²) in [5.74, 6) is 1.26. The molecule has 0 bridgehead atoms. The summed E-state index contributed by atoms with van der Waals surface area (Å²) in [6.07, 6.45) is 2.92. The van der Waals surface area contributed by atoms with Crippen LogP contribution in [0.2, 0.25) is 10.0 Å². The number of nitrogens with one attached hydrogen (secondary N) is 2. The predicted octanol–water partition coefficient (Wildman–Crippen LogP) is 7.90. The molecule has 0 aliphatic heterocycles. The molecule has 0 saturated carbocycles. The summed E-state index contributed by atoms with van der Waals surface area (Å²) in [7, 11) is 0. The second-order valence-corrected chi connectivity index (χ2v) is 9.43. The van der Waals surface area contributed by atoms with E-state index in [1.165, 1.54) is 6.08 Å². The molecule has 2 heterocycles. The number of rotatable bonds is 5. The van der Waals surface area contributed by atoms with Crippen LogP contribution in [0.5, 0.6) is 0 Å². The lowest BCUT2D eigenvalue weighted by Crippen LogP contribution is -2.33. The molecule has 2 aromatic heterocycles. The van der Waals surface area contributed by atoms with Crippen molar-refractivity contribution >= 4 is 69.3 Å². The first-order chi connectivity index (χ1) is 17.8. The molecule has 0 aliphatic rings. The largest absolute Gasteiger partial charge is 0.457 e. The Kier molecular flexibility index (Phi) is 7.10. The fraction of sp³-hybridized carbons (Fsp3) is 0.0357. The van der Waals surface area contributed by atoms with Crippen molar-refractivity contribution in [1.82, 2.24) is 10.3 Å². The molecular formula is C28H19Cl2N3O3S. The molecule has 184 valence electrons. The number of benzene rings is 3. The molecule has 5 rings (SSSR count). The average molecular weight is 548 g/mol. The van der Waals surface area contributed by atoms with E-state index in [9.17, 15) is 4.79 Å². The number of nitrogens with zero attached hydrogens (tertiary/aromatic N) is 1. The van der Waals surface area contributed by atoms with Crippen LogP contribution in [0.25, 0.3) is 40.0 Å². The summed E-state index contributed by atoms with van der Waals surface area (Å²) in [5, 5.41) is 7.09. The molecule has 0 spiro atoms. The fourth-order valence-corrected chi connectivity index (χ4v) is 4.09. The summed E-state index contributed by atoms with van der Waals surface area (Å²) >= 11 is 17.3. The Balaban J connectivity index is 1.23. The van der Waals surface area contributed by atoms with Gasteiger partial charge in [-0.2, -0.15) is 0 Å². The van der Waals surface area contributed by atoms with Crippen LogP contribution >= 0.6 is 35.4 Å². The Labute approximate surface area is 227 Å². The summed E-state index contributed by atoms with van der Waals surface area (Å²) in [5.41, 5.74) is 4.60. The summed E-state index contributed by atoms with van der Waals surface area (Å²) in [6.45, 7) is 1.93. The number of aryl methyl sites for hydroxylation is 1. The fourth-order valence-electron chi connectivity index (χ4n) is 3.59. The lowest BCUT2D eigenvalue weighted by Gasteiger charge is -2.11. The van der Waals surface area contributed by atoms with Crippen LogP contribution in [-0.4, -0.2) is 16.0 Å². The Morgan fingerprint density at radius 3 is 2.49 bits per heavy atom. The van der Waals surface area contributed by atoms with Gasteiger partial charge in [0.15, 0.2) is 10.7 Å². The van der Waals surface area contributed by atoms with Crippen molar-refractivity contribution in [2.45, 2.75) is 6.92 Å². The molecule has 6 nitrogen and oxygen atoms in total. The summed E-state index contributed by atoms with van der Waals surface area (Å²) in [4.78, 5) is 16.9. The van der Waals surface area contributed by atoms with Gasteiger partial charge in [0.2, 0.25) is 11.8 Å². The average Bonchev–Trinajstić information content (AvgIpc) is 3.51. The number of carbonyl (C=O) groups excluding carboxylic acids is 1. The van der Waals surface area contributed by atoms with Gasteiger partial charge in [-0.05, 0) is 97.5 Å². The highest BCUT2D eigenvalue weighted by atomic mass is 35.5. The molecule has 0 aliphatic carbocycles. The van der Waals surface area contributed by atoms with Crippen LogP contribution in [0.3, 0.4) is 0 Å². The number of oxazole rings is 1. The number of aromatic nitrogens is 1. The van der Waals surface area contributed by atoms with Crippen LogP contribution in [0.4, 0.5) is 5.69 Å². The van der Waals surface area contributed by atoms with Gasteiger partial charge < -0.3 is 14.2 Å². The van der Waals surface area contributed by atoms with Crippen LogP contribution in [0.15, 0.2) is 87.7 Å². The van der Waals surface area contributed by atoms with E-state index < -0.39 is 5.91 Å². The van der Waals surface area contributed by atoms with Gasteiger partial charge in [0.25, 0.3) is 0 Å². The van der Waals surface area contributed by atoms with E-state index in [4.69, 9.17) is 44.3 Å². The molecule has 1 amide bonds. The molecule has 0 unspecified atom stereocenters. The van der Waals surface area contributed by atoms with Crippen LogP contribution in [-0.2, 0) is 4.79 Å². The third-order valence-corrected chi connectivity index (χ3v) is 6.16. The third kappa shape index (κ3) is 5.91. The monoisotopic (exact) mass is 547 g/mol. The first-order valence-corrected chi connectivity index (χ1v) is 12.3. The maximum atomic E-state index is 12.4. The zero-order valence-corrected chi connectivity index (χ0v) is 21.7. The topological polar surface area (TPSA) is 80.3 Å². The van der Waals surface area contributed by atoms with Crippen molar-refractivity contribution in [2.75, 3.05) is 5.32 Å². The van der Waals surface area contributed by atoms with Crippen molar-refractivity contribution in [3.05, 3.63) is 100 Å². The Bertz CT molecular complexity index is 1660. The van der Waals surface area contributed by atoms with Gasteiger partial charge in [0, 0.05) is 32.9 Å². The molecule has 37 heavy (non-hydrogen) atoms. The number of hydrogen-bond donors (Lipinski definition) is 2. The normalized spacial score (nSPS) is 11.2. The van der Waals surface area contributed by atoms with Gasteiger partial charge in [0.1, 0.15) is 17.0 Å². The standard InChI is InChI=1S/C28H19Cl2N3O3S/c1-16-2-3-18(27-31-23-15-20(30)8-11-25(23)36-27)14-22(16)32-28(37)33-26(34)13-10-21-9-12-24(35-21)17-4-6-19(29)7-5-17/h2-15H,1H3,(H2,32,33,34,37). The van der Waals surface area contributed by atoms with Gasteiger partial charge in [-0.3, -0.25) is 10.1 Å². The lowest BCUT2D eigenvalue weighted by atomic mass is 10.1. The minimum atomic E-state index is -0.397. The number of amides is 1. The molecule has 0 radical (unpaired) electrons. The predicted molar refractivity (Wildman–Crippen MR) is 152 cm³/mol. The SMILES string of the molecule is Cc1ccc(-c2nc3cc(Cl)ccc3o2)cc1NC(=S)NC(=O)C=Cc1ccc(-c2ccc(Cl)cc2)o1. The van der Waals surface area contributed by atoms with Gasteiger partial charge in [-0.25, -0.2) is 4.98 Å². The third-order valence-electron chi connectivity index (χ3n) is 5.47. The van der Waals surface area contributed by atoms with Crippen molar-refractivity contribution in [2.24, 2.45) is 0 Å². The Morgan fingerprint density at radius 1 is 0.919 bits per heavy atom. The smallest absolute Gasteiger partial charge is 0.250 e. The van der Waals surface area contributed by atoms with E-state index in [2.05, 4.69) is 15.6 Å². The van der Waals surface area contributed by atoms with Gasteiger partial charge >= 0.3 is 0 Å². The molecular weight excluding hydrogens is 529 g/mol. The van der Waals surface area contributed by atoms with Crippen molar-refractivity contribution in [1.29, 1.82) is 0 Å². The lowest BCUT2D eigenvalue weighted by molar-refractivity contribution is -0.115. The van der Waals surface area contributed by atoms with Crippen molar-refractivity contribution in [3.8, 4) is 22.8 Å². The van der Waals surface area contributed by atoms with E-state index in [-0.39, 0.29) is 5.11 Å². The molecule has 5 aromatic rings. The number of fused-ring (bicyclic) bond motifs is 1. The van der Waals surface area contributed by atoms with Gasteiger partial charge in [-0.15, -0.1) is 0 Å². The Morgan fingerprint density at radius 2 is 1.68 bits per heavy atom. The highest BCUT2D eigenvalue weighted by Gasteiger charge is 2.12. The molecule has 9 heteroatoms. The van der Waals surface area contributed by atoms with E-state index in [1.54, 1.807) is 42.5 Å². The van der Waals surface area contributed by atoms with Crippen LogP contribution in [0.1, 0.15) is 11.3 Å². The number of carbonyl (C=O) groups is 1. The minimum absolute atomic E-state index is 0.153. The molecule has 0 atom stereocenters. The van der Waals surface area contributed by atoms with Gasteiger partial charge in [-0.1, -0.05) is 29.3 Å². The van der Waals surface area contributed by atoms with Crippen LogP contribution in [0, 0.1) is 6.92 Å². The first-order valence-electron chi connectivity index (χ1n) is 11.2. The molecule has 0 saturated heterocycles. The van der Waals surface area contributed by atoms with E-state index >= 15 is 0 Å². The minimum Gasteiger partial charge on any atom is -0.457 e. The quantitative estimate of drug-likeness (QED) is 0.172. The van der Waals surface area contributed by atoms with E-state index in [0.29, 0.717) is 44.2 Å². The zero-order valence-electron chi connectivity index (χ0n) is 19.4. The number of furan rings is 1. The van der Waals surface area contributed by atoms with E-state index in [0.717, 1.165) is 16.7 Å². The highest BCUT2D eigenvalue weighted by Crippen LogP contribution is 2.29. The molecule has 0 fully saturated rings. The number of anilines is 1. The number of hydrogen-bond acceptors (Lipinski definition) is 5. The second kappa shape index (κ2) is 10.6. The van der Waals surface area contributed by atoms with Gasteiger partial charge in [0.05, 0.1) is 0 Å². The first kappa shape index (κ1) is 24.8. The van der Waals surface area contributed by atoms with Crippen LogP contribution < -0.4 is 10.6 Å². The zero-order chi connectivity index (χ0) is 25.9. The second-order valence-electron chi connectivity index (χ2n) is 8.15. The van der Waals surface area contributed by atoms with Crippen molar-refractivity contribution in [3.63, 3.8) is 0 Å².